The fraction of sp³-hybridized carbons (Fsp3) is 0.526. The molecule has 0 aliphatic carbocycles. The zero-order valence-corrected chi connectivity index (χ0v) is 19.3. The van der Waals surface area contributed by atoms with E-state index in [1.165, 1.54) is 6.26 Å². The van der Waals surface area contributed by atoms with Crippen molar-refractivity contribution in [3.8, 4) is 0 Å². The predicted octanol–water partition coefficient (Wildman–Crippen LogP) is 2.07. The number of hydrogen-bond donors (Lipinski definition) is 2. The summed E-state index contributed by atoms with van der Waals surface area (Å²) in [4.78, 5) is 7.06. The Kier molecular flexibility index (Phi) is 10.3. The summed E-state index contributed by atoms with van der Waals surface area (Å²) in [6.45, 7) is 7.65. The van der Waals surface area contributed by atoms with Crippen LogP contribution in [0.4, 0.5) is 0 Å². The number of benzene rings is 1. The van der Waals surface area contributed by atoms with Gasteiger partial charge >= 0.3 is 0 Å². The number of sulfone groups is 1. The highest BCUT2D eigenvalue weighted by Gasteiger charge is 2.18. The monoisotopic (exact) mass is 506 g/mol. The Hall–Kier alpha value is -1.13. The van der Waals surface area contributed by atoms with Crippen LogP contribution in [0.15, 0.2) is 46.8 Å². The lowest BCUT2D eigenvalue weighted by Crippen LogP contribution is -2.49. The Morgan fingerprint density at radius 2 is 1.93 bits per heavy atom. The Labute approximate surface area is 180 Å². The van der Waals surface area contributed by atoms with Crippen molar-refractivity contribution >= 4 is 39.8 Å². The number of hydrogen-bond acceptors (Lipinski definition) is 4. The van der Waals surface area contributed by atoms with Crippen LogP contribution in [0.3, 0.4) is 0 Å². The minimum absolute atomic E-state index is 0. The molecule has 0 bridgehead atoms. The maximum Gasteiger partial charge on any atom is 0.191 e. The number of rotatable bonds is 7. The maximum atomic E-state index is 11.5. The van der Waals surface area contributed by atoms with Gasteiger partial charge in [-0.3, -0.25) is 9.89 Å². The fourth-order valence-corrected chi connectivity index (χ4v) is 3.69. The molecule has 0 saturated carbocycles. The first-order valence-electron chi connectivity index (χ1n) is 9.02. The highest BCUT2D eigenvalue weighted by molar-refractivity contribution is 14.0. The smallest absolute Gasteiger partial charge is 0.191 e. The minimum atomic E-state index is -3.14. The Balaban J connectivity index is 0.00000364. The van der Waals surface area contributed by atoms with Gasteiger partial charge < -0.3 is 10.6 Å². The van der Waals surface area contributed by atoms with Gasteiger partial charge in [0.15, 0.2) is 15.8 Å². The van der Waals surface area contributed by atoms with E-state index < -0.39 is 9.84 Å². The van der Waals surface area contributed by atoms with E-state index in [0.717, 1.165) is 57.0 Å². The van der Waals surface area contributed by atoms with Gasteiger partial charge in [-0.1, -0.05) is 18.2 Å². The van der Waals surface area contributed by atoms with E-state index in [9.17, 15) is 8.42 Å². The van der Waals surface area contributed by atoms with Crippen LogP contribution in [0.5, 0.6) is 0 Å². The molecular weight excluding hydrogens is 475 g/mol. The predicted molar refractivity (Wildman–Crippen MR) is 123 cm³/mol. The van der Waals surface area contributed by atoms with Crippen molar-refractivity contribution in [2.24, 2.45) is 4.99 Å². The molecule has 27 heavy (non-hydrogen) atoms. The topological polar surface area (TPSA) is 73.8 Å². The van der Waals surface area contributed by atoms with E-state index in [1.54, 1.807) is 19.2 Å². The highest BCUT2D eigenvalue weighted by atomic mass is 127. The van der Waals surface area contributed by atoms with Gasteiger partial charge in [0.2, 0.25) is 0 Å². The second-order valence-electron chi connectivity index (χ2n) is 6.67. The lowest BCUT2D eigenvalue weighted by molar-refractivity contribution is 0.225. The molecule has 0 amide bonds. The molecule has 1 aliphatic heterocycles. The summed E-state index contributed by atoms with van der Waals surface area (Å²) in [6.07, 6.45) is 6.18. The Morgan fingerprint density at radius 1 is 1.30 bits per heavy atom. The number of halogens is 1. The third-order valence-electron chi connectivity index (χ3n) is 4.60. The molecule has 2 N–H and O–H groups in total. The Bertz CT molecular complexity index is 712. The molecule has 1 aromatic carbocycles. The van der Waals surface area contributed by atoms with Gasteiger partial charge in [-0.2, -0.15) is 0 Å². The van der Waals surface area contributed by atoms with Gasteiger partial charge in [0.25, 0.3) is 0 Å². The summed E-state index contributed by atoms with van der Waals surface area (Å²) >= 11 is 0. The van der Waals surface area contributed by atoms with E-state index in [0.29, 0.717) is 10.9 Å². The number of piperidine rings is 1. The van der Waals surface area contributed by atoms with Crippen LogP contribution < -0.4 is 10.6 Å². The third kappa shape index (κ3) is 8.18. The van der Waals surface area contributed by atoms with Crippen LogP contribution in [0.2, 0.25) is 0 Å². The fourth-order valence-electron chi connectivity index (χ4n) is 3.06. The van der Waals surface area contributed by atoms with Crippen LogP contribution in [-0.2, 0) is 16.3 Å². The molecule has 2 rings (SSSR count). The van der Waals surface area contributed by atoms with Gasteiger partial charge in [0.05, 0.1) is 4.90 Å². The number of likely N-dealkylation sites (tertiary alicyclic amines) is 1. The summed E-state index contributed by atoms with van der Waals surface area (Å²) in [6, 6.07) is 7.49. The van der Waals surface area contributed by atoms with Gasteiger partial charge in [-0.05, 0) is 37.0 Å². The maximum absolute atomic E-state index is 11.5. The van der Waals surface area contributed by atoms with Crippen molar-refractivity contribution in [2.75, 3.05) is 39.5 Å². The number of guanidine groups is 1. The lowest BCUT2D eigenvalue weighted by atomic mass is 10.1. The molecule has 1 fully saturated rings. The summed E-state index contributed by atoms with van der Waals surface area (Å²) < 4.78 is 23.0. The van der Waals surface area contributed by atoms with Gasteiger partial charge in [-0.25, -0.2) is 8.42 Å². The molecule has 8 heteroatoms. The van der Waals surface area contributed by atoms with E-state index >= 15 is 0 Å². The van der Waals surface area contributed by atoms with Crippen molar-refractivity contribution in [3.63, 3.8) is 0 Å². The molecule has 6 nitrogen and oxygen atoms in total. The molecule has 1 aromatic rings. The van der Waals surface area contributed by atoms with E-state index in [1.807, 2.05) is 18.2 Å². The molecule has 1 aliphatic rings. The first kappa shape index (κ1) is 23.9. The van der Waals surface area contributed by atoms with Crippen molar-refractivity contribution < 1.29 is 8.42 Å². The SMILES string of the molecule is C=CCN1CCC(NC(=NC)NCCc2ccc(S(C)(=O)=O)cc2)CC1.I. The molecule has 0 aromatic heterocycles. The van der Waals surface area contributed by atoms with Gasteiger partial charge in [0, 0.05) is 45.5 Å². The molecule has 1 saturated heterocycles. The first-order valence-corrected chi connectivity index (χ1v) is 10.9. The average molecular weight is 506 g/mol. The molecule has 0 atom stereocenters. The molecule has 1 heterocycles. The van der Waals surface area contributed by atoms with Crippen molar-refractivity contribution in [1.82, 2.24) is 15.5 Å². The van der Waals surface area contributed by atoms with Crippen LogP contribution in [0.25, 0.3) is 0 Å². The summed E-state index contributed by atoms with van der Waals surface area (Å²) in [5, 5.41) is 6.83. The molecule has 0 spiro atoms. The minimum Gasteiger partial charge on any atom is -0.356 e. The quantitative estimate of drug-likeness (QED) is 0.257. The third-order valence-corrected chi connectivity index (χ3v) is 5.73. The summed E-state index contributed by atoms with van der Waals surface area (Å²) in [7, 11) is -1.35. The number of nitrogens with one attached hydrogen (secondary N) is 2. The van der Waals surface area contributed by atoms with Crippen LogP contribution >= 0.6 is 24.0 Å². The summed E-state index contributed by atoms with van der Waals surface area (Å²) in [5.74, 6) is 0.819. The van der Waals surface area contributed by atoms with E-state index in [-0.39, 0.29) is 24.0 Å². The molecule has 0 radical (unpaired) electrons. The number of nitrogens with zero attached hydrogens (tertiary/aromatic N) is 2. The normalized spacial score (nSPS) is 16.4. The van der Waals surface area contributed by atoms with Crippen LogP contribution in [0.1, 0.15) is 18.4 Å². The van der Waals surface area contributed by atoms with Crippen molar-refractivity contribution in [1.29, 1.82) is 0 Å². The lowest BCUT2D eigenvalue weighted by Gasteiger charge is -2.32. The largest absolute Gasteiger partial charge is 0.356 e. The molecule has 152 valence electrons. The second-order valence-corrected chi connectivity index (χ2v) is 8.69. The molecular formula is C19H31IN4O2S. The van der Waals surface area contributed by atoms with Gasteiger partial charge in [-0.15, -0.1) is 30.6 Å². The highest BCUT2D eigenvalue weighted by Crippen LogP contribution is 2.11. The zero-order valence-electron chi connectivity index (χ0n) is 16.1. The summed E-state index contributed by atoms with van der Waals surface area (Å²) in [5.41, 5.74) is 1.10. The molecule has 0 unspecified atom stereocenters. The van der Waals surface area contributed by atoms with Crippen LogP contribution in [-0.4, -0.2) is 64.8 Å². The van der Waals surface area contributed by atoms with Crippen molar-refractivity contribution in [2.45, 2.75) is 30.2 Å². The van der Waals surface area contributed by atoms with E-state index in [4.69, 9.17) is 0 Å². The van der Waals surface area contributed by atoms with Crippen molar-refractivity contribution in [3.05, 3.63) is 42.5 Å². The zero-order chi connectivity index (χ0) is 19.0. The van der Waals surface area contributed by atoms with E-state index in [2.05, 4.69) is 27.1 Å². The van der Waals surface area contributed by atoms with Gasteiger partial charge in [0.1, 0.15) is 0 Å². The second kappa shape index (κ2) is 11.7. The first-order chi connectivity index (χ1) is 12.4. The number of aliphatic imine (C=N–C) groups is 1. The average Bonchev–Trinajstić information content (AvgIpc) is 2.62. The standard InChI is InChI=1S/C19H30N4O2S.HI/c1-4-13-23-14-10-17(11-15-23)22-19(20-2)21-12-9-16-5-7-18(8-6-16)26(3,24)25;/h4-8,17H,1,9-15H2,2-3H3,(H2,20,21,22);1H. The Morgan fingerprint density at radius 3 is 2.44 bits per heavy atom. The van der Waals surface area contributed by atoms with Crippen LogP contribution in [0, 0.1) is 0 Å².